The molecule has 8 heteroatoms. The molecule has 2 aromatic rings. The standard InChI is InChI=1S/C18H24F3N3O2/c1-5-10-23-15(14(25)18(19,20)21)22-24(16(23)26)11-12-6-8-13(9-7-12)17(2,3)4/h6-9,14,25H,5,10-11H2,1-4H3. The van der Waals surface area contributed by atoms with Gasteiger partial charge >= 0.3 is 11.9 Å². The summed E-state index contributed by atoms with van der Waals surface area (Å²) in [5.74, 6) is -0.671. The summed E-state index contributed by atoms with van der Waals surface area (Å²) in [4.78, 5) is 12.4. The molecule has 0 bridgehead atoms. The normalized spacial score (nSPS) is 13.8. The lowest BCUT2D eigenvalue weighted by molar-refractivity contribution is -0.210. The van der Waals surface area contributed by atoms with E-state index in [1.54, 1.807) is 6.92 Å². The van der Waals surface area contributed by atoms with Gasteiger partial charge in [-0.2, -0.15) is 18.3 Å². The number of hydrogen-bond donors (Lipinski definition) is 1. The van der Waals surface area contributed by atoms with E-state index in [0.717, 1.165) is 20.4 Å². The van der Waals surface area contributed by atoms with Crippen molar-refractivity contribution in [2.24, 2.45) is 0 Å². The summed E-state index contributed by atoms with van der Waals surface area (Å²) in [6.07, 6.45) is -7.22. The number of halogens is 3. The Labute approximate surface area is 150 Å². The number of aliphatic hydroxyl groups excluding tert-OH is 1. The van der Waals surface area contributed by atoms with Gasteiger partial charge in [-0.3, -0.25) is 4.57 Å². The number of rotatable bonds is 5. The fraction of sp³-hybridized carbons (Fsp3) is 0.556. The van der Waals surface area contributed by atoms with E-state index >= 15 is 0 Å². The van der Waals surface area contributed by atoms with Crippen LogP contribution in [-0.4, -0.2) is 25.6 Å². The van der Waals surface area contributed by atoms with Crippen LogP contribution in [0.4, 0.5) is 13.2 Å². The van der Waals surface area contributed by atoms with Gasteiger partial charge < -0.3 is 5.11 Å². The zero-order chi connectivity index (χ0) is 19.7. The Bertz CT molecular complexity index is 799. The number of hydrogen-bond acceptors (Lipinski definition) is 3. The van der Waals surface area contributed by atoms with E-state index < -0.39 is 23.8 Å². The summed E-state index contributed by atoms with van der Waals surface area (Å²) >= 11 is 0. The van der Waals surface area contributed by atoms with Gasteiger partial charge in [-0.15, -0.1) is 0 Å². The lowest BCUT2D eigenvalue weighted by Gasteiger charge is -2.19. The van der Waals surface area contributed by atoms with Crippen molar-refractivity contribution in [3.8, 4) is 0 Å². The van der Waals surface area contributed by atoms with Crippen molar-refractivity contribution >= 4 is 0 Å². The molecule has 0 spiro atoms. The minimum atomic E-state index is -4.88. The maximum atomic E-state index is 12.9. The average molecular weight is 371 g/mol. The highest BCUT2D eigenvalue weighted by Crippen LogP contribution is 2.31. The number of benzene rings is 1. The molecule has 1 heterocycles. The highest BCUT2D eigenvalue weighted by Gasteiger charge is 2.43. The van der Waals surface area contributed by atoms with E-state index in [1.165, 1.54) is 0 Å². The first-order valence-corrected chi connectivity index (χ1v) is 8.47. The van der Waals surface area contributed by atoms with E-state index in [9.17, 15) is 23.1 Å². The molecular formula is C18H24F3N3O2. The Hall–Kier alpha value is -2.09. The van der Waals surface area contributed by atoms with Gasteiger partial charge in [0.05, 0.1) is 6.54 Å². The summed E-state index contributed by atoms with van der Waals surface area (Å²) in [6.45, 7) is 8.05. The van der Waals surface area contributed by atoms with E-state index in [0.29, 0.717) is 6.42 Å². The maximum absolute atomic E-state index is 12.9. The second-order valence-electron chi connectivity index (χ2n) is 7.34. The van der Waals surface area contributed by atoms with Crippen molar-refractivity contribution in [3.63, 3.8) is 0 Å². The van der Waals surface area contributed by atoms with E-state index in [1.807, 2.05) is 24.3 Å². The first-order valence-electron chi connectivity index (χ1n) is 8.47. The van der Waals surface area contributed by atoms with Crippen LogP contribution in [0.25, 0.3) is 0 Å². The monoisotopic (exact) mass is 371 g/mol. The molecule has 0 amide bonds. The fourth-order valence-corrected chi connectivity index (χ4v) is 2.63. The van der Waals surface area contributed by atoms with Gasteiger partial charge in [0.2, 0.25) is 6.10 Å². The predicted octanol–water partition coefficient (Wildman–Crippen LogP) is 3.40. The summed E-state index contributed by atoms with van der Waals surface area (Å²) in [5, 5.41) is 13.3. The SMILES string of the molecule is CCCn1c(C(O)C(F)(F)F)nn(Cc2ccc(C(C)(C)C)cc2)c1=O. The molecule has 0 aliphatic rings. The Balaban J connectivity index is 2.37. The summed E-state index contributed by atoms with van der Waals surface area (Å²) < 4.78 is 40.4. The van der Waals surface area contributed by atoms with Crippen molar-refractivity contribution in [2.45, 2.75) is 64.9 Å². The number of nitrogens with zero attached hydrogens (tertiary/aromatic N) is 3. The quantitative estimate of drug-likeness (QED) is 0.876. The van der Waals surface area contributed by atoms with Crippen LogP contribution in [0.5, 0.6) is 0 Å². The van der Waals surface area contributed by atoms with E-state index in [4.69, 9.17) is 0 Å². The molecular weight excluding hydrogens is 347 g/mol. The molecule has 144 valence electrons. The smallest absolute Gasteiger partial charge is 0.377 e. The van der Waals surface area contributed by atoms with Crippen molar-refractivity contribution in [3.05, 3.63) is 51.7 Å². The number of alkyl halides is 3. The van der Waals surface area contributed by atoms with Crippen molar-refractivity contribution in [2.75, 3.05) is 0 Å². The lowest BCUT2D eigenvalue weighted by atomic mass is 9.87. The van der Waals surface area contributed by atoms with Crippen LogP contribution in [0.1, 0.15) is 57.2 Å². The molecule has 0 aliphatic carbocycles. The molecule has 1 aromatic carbocycles. The van der Waals surface area contributed by atoms with Gasteiger partial charge in [0.25, 0.3) is 0 Å². The Kier molecular flexibility index (Phi) is 5.65. The zero-order valence-corrected chi connectivity index (χ0v) is 15.3. The second kappa shape index (κ2) is 7.26. The fourth-order valence-electron chi connectivity index (χ4n) is 2.63. The summed E-state index contributed by atoms with van der Waals surface area (Å²) in [5.41, 5.74) is 1.17. The van der Waals surface area contributed by atoms with Gasteiger partial charge in [0.1, 0.15) is 0 Å². The molecule has 2 rings (SSSR count). The molecule has 0 fully saturated rings. The number of aromatic nitrogens is 3. The van der Waals surface area contributed by atoms with Crippen molar-refractivity contribution < 1.29 is 18.3 Å². The van der Waals surface area contributed by atoms with Crippen LogP contribution in [0.2, 0.25) is 0 Å². The first kappa shape index (κ1) is 20.2. The molecule has 1 atom stereocenters. The van der Waals surface area contributed by atoms with Crippen LogP contribution < -0.4 is 5.69 Å². The van der Waals surface area contributed by atoms with Crippen LogP contribution >= 0.6 is 0 Å². The molecule has 0 saturated heterocycles. The average Bonchev–Trinajstić information content (AvgIpc) is 2.83. The van der Waals surface area contributed by atoms with Crippen LogP contribution in [-0.2, 0) is 18.5 Å². The second-order valence-corrected chi connectivity index (χ2v) is 7.34. The van der Waals surface area contributed by atoms with Gasteiger partial charge in [0, 0.05) is 6.54 Å². The summed E-state index contributed by atoms with van der Waals surface area (Å²) in [6, 6.07) is 7.50. The molecule has 0 radical (unpaired) electrons. The van der Waals surface area contributed by atoms with Crippen LogP contribution in [0.15, 0.2) is 29.1 Å². The van der Waals surface area contributed by atoms with Gasteiger partial charge in [-0.05, 0) is 23.0 Å². The number of aliphatic hydroxyl groups is 1. The van der Waals surface area contributed by atoms with Crippen LogP contribution in [0, 0.1) is 0 Å². The molecule has 0 aliphatic heterocycles. The highest BCUT2D eigenvalue weighted by atomic mass is 19.4. The predicted molar refractivity (Wildman–Crippen MR) is 92.0 cm³/mol. The topological polar surface area (TPSA) is 60.0 Å². The first-order chi connectivity index (χ1) is 11.9. The van der Waals surface area contributed by atoms with Gasteiger partial charge in [-0.25, -0.2) is 9.48 Å². The molecule has 1 unspecified atom stereocenters. The van der Waals surface area contributed by atoms with Gasteiger partial charge in [0.15, 0.2) is 5.82 Å². The van der Waals surface area contributed by atoms with Crippen molar-refractivity contribution in [1.29, 1.82) is 0 Å². The summed E-state index contributed by atoms with van der Waals surface area (Å²) in [7, 11) is 0. The Morgan fingerprint density at radius 3 is 2.19 bits per heavy atom. The molecule has 5 nitrogen and oxygen atoms in total. The Morgan fingerprint density at radius 1 is 1.15 bits per heavy atom. The van der Waals surface area contributed by atoms with Gasteiger partial charge in [-0.1, -0.05) is 52.0 Å². The largest absolute Gasteiger partial charge is 0.421 e. The third kappa shape index (κ3) is 4.35. The van der Waals surface area contributed by atoms with E-state index in [-0.39, 0.29) is 18.5 Å². The van der Waals surface area contributed by atoms with E-state index in [2.05, 4.69) is 25.9 Å². The molecule has 1 N–H and O–H groups in total. The third-order valence-electron chi connectivity index (χ3n) is 4.11. The third-order valence-corrected chi connectivity index (χ3v) is 4.11. The minimum Gasteiger partial charge on any atom is -0.377 e. The lowest BCUT2D eigenvalue weighted by Crippen LogP contribution is -2.28. The van der Waals surface area contributed by atoms with Crippen molar-refractivity contribution in [1.82, 2.24) is 14.3 Å². The molecule has 0 saturated carbocycles. The zero-order valence-electron chi connectivity index (χ0n) is 15.3. The highest BCUT2D eigenvalue weighted by molar-refractivity contribution is 5.27. The van der Waals surface area contributed by atoms with Crippen LogP contribution in [0.3, 0.4) is 0 Å². The molecule has 1 aromatic heterocycles. The molecule has 26 heavy (non-hydrogen) atoms. The Morgan fingerprint density at radius 2 is 1.73 bits per heavy atom. The maximum Gasteiger partial charge on any atom is 0.421 e. The minimum absolute atomic E-state index is 0.0257.